The molecule has 0 unspecified atom stereocenters. The van der Waals surface area contributed by atoms with Crippen molar-refractivity contribution in [3.8, 4) is 28.6 Å². The van der Waals surface area contributed by atoms with E-state index >= 15 is 0 Å². The van der Waals surface area contributed by atoms with Crippen molar-refractivity contribution >= 4 is 11.8 Å². The number of imidazole rings is 2. The van der Waals surface area contributed by atoms with Crippen molar-refractivity contribution in [2.24, 2.45) is 0 Å². The summed E-state index contributed by atoms with van der Waals surface area (Å²) in [4.78, 5) is 8.86. The summed E-state index contributed by atoms with van der Waals surface area (Å²) in [6.45, 7) is 4.77. The fourth-order valence-electron chi connectivity index (χ4n) is 4.51. The van der Waals surface area contributed by atoms with Crippen molar-refractivity contribution in [1.82, 2.24) is 19.1 Å². The maximum absolute atomic E-state index is 13.8. The first-order valence-corrected chi connectivity index (χ1v) is 13.8. The van der Waals surface area contributed by atoms with E-state index in [1.807, 2.05) is 59.4 Å². The van der Waals surface area contributed by atoms with Crippen LogP contribution in [0.4, 0.5) is 4.39 Å². The predicted octanol–water partition coefficient (Wildman–Crippen LogP) is 6.71. The molecule has 206 valence electrons. The third-order valence-corrected chi connectivity index (χ3v) is 7.70. The Morgan fingerprint density at radius 3 is 2.30 bits per heavy atom. The third kappa shape index (κ3) is 5.70. The summed E-state index contributed by atoms with van der Waals surface area (Å²) < 4.78 is 34.8. The normalized spacial score (nSPS) is 11.4. The van der Waals surface area contributed by atoms with Crippen molar-refractivity contribution in [2.75, 3.05) is 26.6 Å². The molecule has 0 bridgehead atoms. The van der Waals surface area contributed by atoms with Crippen molar-refractivity contribution in [3.05, 3.63) is 109 Å². The number of rotatable bonds is 11. The number of aromatic nitrogens is 4. The average molecular weight is 559 g/mol. The summed E-state index contributed by atoms with van der Waals surface area (Å²) in [5, 5.41) is 0.800. The average Bonchev–Trinajstić information content (AvgIpc) is 3.67. The molecular weight excluding hydrogens is 527 g/mol. The molecule has 7 nitrogen and oxygen atoms in total. The molecule has 0 saturated heterocycles. The van der Waals surface area contributed by atoms with E-state index in [9.17, 15) is 4.39 Å². The second kappa shape index (κ2) is 11.9. The summed E-state index contributed by atoms with van der Waals surface area (Å²) >= 11 is 1.59. The van der Waals surface area contributed by atoms with Crippen LogP contribution in [0.5, 0.6) is 17.2 Å². The van der Waals surface area contributed by atoms with E-state index in [1.54, 1.807) is 50.6 Å². The molecule has 3 aromatic carbocycles. The summed E-state index contributed by atoms with van der Waals surface area (Å²) in [6.07, 6.45) is 7.29. The van der Waals surface area contributed by atoms with Gasteiger partial charge in [0.15, 0.2) is 16.7 Å². The van der Waals surface area contributed by atoms with Gasteiger partial charge in [-0.15, -0.1) is 0 Å². The van der Waals surface area contributed by atoms with Gasteiger partial charge in [-0.1, -0.05) is 31.7 Å². The zero-order chi connectivity index (χ0) is 28.1. The van der Waals surface area contributed by atoms with E-state index in [4.69, 9.17) is 19.2 Å². The van der Waals surface area contributed by atoms with Gasteiger partial charge in [0.25, 0.3) is 0 Å². The molecule has 9 heteroatoms. The van der Waals surface area contributed by atoms with E-state index < -0.39 is 5.41 Å². The van der Waals surface area contributed by atoms with Gasteiger partial charge in [0.05, 0.1) is 39.0 Å². The topological polar surface area (TPSA) is 63.3 Å². The van der Waals surface area contributed by atoms with Crippen LogP contribution in [0.1, 0.15) is 25.1 Å². The van der Waals surface area contributed by atoms with Crippen LogP contribution in [0.2, 0.25) is 0 Å². The quantitative estimate of drug-likeness (QED) is 0.133. The van der Waals surface area contributed by atoms with Gasteiger partial charge < -0.3 is 18.8 Å². The lowest BCUT2D eigenvalue weighted by molar-refractivity contribution is 0.344. The zero-order valence-corrected chi connectivity index (χ0v) is 23.7. The Bertz CT molecular complexity index is 1550. The molecule has 0 aliphatic carbocycles. The minimum absolute atomic E-state index is 0.286. The molecule has 5 aromatic rings. The SMILES string of the molecule is COc1ccc(C(C)(C)c2cnc(SCCOc3ccc(-n4ccnc4)cc3)n2-c2ccc(F)cc2)cc1OC. The molecule has 0 aliphatic rings. The molecule has 5 rings (SSSR count). The zero-order valence-electron chi connectivity index (χ0n) is 22.9. The highest BCUT2D eigenvalue weighted by Gasteiger charge is 2.30. The summed E-state index contributed by atoms with van der Waals surface area (Å²) in [5.74, 6) is 2.51. The van der Waals surface area contributed by atoms with Crippen LogP contribution in [0.3, 0.4) is 0 Å². The van der Waals surface area contributed by atoms with E-state index in [0.717, 1.165) is 33.5 Å². The second-order valence-corrected chi connectivity index (χ2v) is 10.7. The van der Waals surface area contributed by atoms with Crippen LogP contribution >= 0.6 is 11.8 Å². The molecule has 0 spiro atoms. The lowest BCUT2D eigenvalue weighted by Gasteiger charge is -2.28. The number of ether oxygens (including phenoxy) is 3. The minimum atomic E-state index is -0.451. The standard InChI is InChI=1S/C31H31FN4O3S/c1-31(2,22-5-14-27(37-3)28(19-22)38-4)29-20-34-30(36(29)25-8-6-23(32)7-9-25)40-18-17-39-26-12-10-24(11-13-26)35-16-15-33-21-35/h5-16,19-21H,17-18H2,1-4H3. The molecule has 0 aliphatic heterocycles. The van der Waals surface area contributed by atoms with Gasteiger partial charge >= 0.3 is 0 Å². The Labute approximate surface area is 237 Å². The first kappa shape index (κ1) is 27.3. The van der Waals surface area contributed by atoms with Crippen LogP contribution in [0, 0.1) is 5.82 Å². The lowest BCUT2D eigenvalue weighted by atomic mass is 9.81. The monoisotopic (exact) mass is 558 g/mol. The molecule has 2 heterocycles. The highest BCUT2D eigenvalue weighted by atomic mass is 32.2. The van der Waals surface area contributed by atoms with Gasteiger partial charge in [-0.3, -0.25) is 4.57 Å². The molecule has 2 aromatic heterocycles. The Hall–Kier alpha value is -4.24. The number of hydrogen-bond donors (Lipinski definition) is 0. The van der Waals surface area contributed by atoms with Gasteiger partial charge in [-0.2, -0.15) is 0 Å². The fourth-order valence-corrected chi connectivity index (χ4v) is 5.32. The Morgan fingerprint density at radius 2 is 1.62 bits per heavy atom. The molecule has 0 atom stereocenters. The molecule has 40 heavy (non-hydrogen) atoms. The smallest absolute Gasteiger partial charge is 0.172 e. The second-order valence-electron chi connectivity index (χ2n) is 9.59. The van der Waals surface area contributed by atoms with E-state index in [-0.39, 0.29) is 5.82 Å². The van der Waals surface area contributed by atoms with Gasteiger partial charge in [0, 0.05) is 34.9 Å². The van der Waals surface area contributed by atoms with Crippen LogP contribution in [0.15, 0.2) is 96.8 Å². The highest BCUT2D eigenvalue weighted by Crippen LogP contribution is 2.39. The number of thioether (sulfide) groups is 1. The van der Waals surface area contributed by atoms with Gasteiger partial charge in [-0.25, -0.2) is 14.4 Å². The third-order valence-electron chi connectivity index (χ3n) is 6.78. The van der Waals surface area contributed by atoms with E-state index in [1.165, 1.54) is 12.1 Å². The maximum atomic E-state index is 13.8. The van der Waals surface area contributed by atoms with E-state index in [0.29, 0.717) is 23.9 Å². The summed E-state index contributed by atoms with van der Waals surface area (Å²) in [7, 11) is 3.25. The van der Waals surface area contributed by atoms with Crippen molar-refractivity contribution in [2.45, 2.75) is 24.4 Å². The molecule has 0 fully saturated rings. The van der Waals surface area contributed by atoms with Crippen molar-refractivity contribution in [1.29, 1.82) is 0 Å². The van der Waals surface area contributed by atoms with Crippen molar-refractivity contribution < 1.29 is 18.6 Å². The first-order chi connectivity index (χ1) is 19.4. The molecule has 0 saturated carbocycles. The number of benzene rings is 3. The van der Waals surface area contributed by atoms with Crippen LogP contribution in [-0.4, -0.2) is 45.7 Å². The van der Waals surface area contributed by atoms with Gasteiger partial charge in [-0.05, 0) is 66.2 Å². The van der Waals surface area contributed by atoms with Crippen LogP contribution < -0.4 is 14.2 Å². The molecule has 0 amide bonds. The van der Waals surface area contributed by atoms with E-state index in [2.05, 4.69) is 23.4 Å². The summed E-state index contributed by atoms with van der Waals surface area (Å²) in [5.41, 5.74) is 3.40. The van der Waals surface area contributed by atoms with Gasteiger partial charge in [0.2, 0.25) is 0 Å². The highest BCUT2D eigenvalue weighted by molar-refractivity contribution is 7.99. The van der Waals surface area contributed by atoms with Crippen molar-refractivity contribution in [3.63, 3.8) is 0 Å². The number of halogens is 1. The Kier molecular flexibility index (Phi) is 8.11. The Morgan fingerprint density at radius 1 is 0.900 bits per heavy atom. The maximum Gasteiger partial charge on any atom is 0.172 e. The molecule has 0 N–H and O–H groups in total. The Balaban J connectivity index is 1.36. The number of nitrogens with zero attached hydrogens (tertiary/aromatic N) is 4. The fraction of sp³-hybridized carbons (Fsp3) is 0.226. The summed E-state index contributed by atoms with van der Waals surface area (Å²) in [6, 6.07) is 20.3. The molecular formula is C31H31FN4O3S. The number of hydrogen-bond acceptors (Lipinski definition) is 6. The van der Waals surface area contributed by atoms with Crippen LogP contribution in [-0.2, 0) is 5.41 Å². The lowest BCUT2D eigenvalue weighted by Crippen LogP contribution is -2.23. The molecule has 0 radical (unpaired) electrons. The predicted molar refractivity (Wildman–Crippen MR) is 155 cm³/mol. The van der Waals surface area contributed by atoms with Crippen LogP contribution in [0.25, 0.3) is 11.4 Å². The van der Waals surface area contributed by atoms with Gasteiger partial charge in [0.1, 0.15) is 11.6 Å². The largest absolute Gasteiger partial charge is 0.493 e. The minimum Gasteiger partial charge on any atom is -0.493 e. The number of methoxy groups -OCH3 is 2. The first-order valence-electron chi connectivity index (χ1n) is 12.8.